The molecule has 10 nitrogen and oxygen atoms in total. The molecule has 4 aromatic rings. The summed E-state index contributed by atoms with van der Waals surface area (Å²) in [4.78, 5) is 42.4. The summed E-state index contributed by atoms with van der Waals surface area (Å²) in [5.41, 5.74) is 3.50. The first kappa shape index (κ1) is 35.4. The first-order valence-corrected chi connectivity index (χ1v) is 14.4. The molecule has 0 saturated heterocycles. The molecular weight excluding hydrogens is 591 g/mol. The zero-order chi connectivity index (χ0) is 28.9. The molecule has 0 atom stereocenters. The Morgan fingerprint density at radius 3 is 1.95 bits per heavy atom. The van der Waals surface area contributed by atoms with Gasteiger partial charge in [0.2, 0.25) is 0 Å². The van der Waals surface area contributed by atoms with Crippen LogP contribution in [0.5, 0.6) is 0 Å². The second-order valence-electron chi connectivity index (χ2n) is 9.75. The lowest BCUT2D eigenvalue weighted by atomic mass is 10.2. The molecular formula is C26H38Cl2N8O2S2. The summed E-state index contributed by atoms with van der Waals surface area (Å²) >= 11 is 11.9. The van der Waals surface area contributed by atoms with E-state index in [1.54, 1.807) is 6.92 Å². The SMILES string of the molecule is CC(C)Cn1cncc1CCl.Cc1cc(=O)[nH]c(=S)[nH]1.Cc1cc(=O)[nH]c(SCc2cncn2CC(C)C)n1.Cl. The van der Waals surface area contributed by atoms with Gasteiger partial charge in [-0.05, 0) is 37.9 Å². The Bertz CT molecular complexity index is 1450. The molecule has 0 aliphatic rings. The van der Waals surface area contributed by atoms with Gasteiger partial charge in [-0.3, -0.25) is 14.6 Å². The fourth-order valence-electron chi connectivity index (χ4n) is 3.40. The van der Waals surface area contributed by atoms with Gasteiger partial charge in [0, 0.05) is 60.5 Å². The van der Waals surface area contributed by atoms with E-state index in [9.17, 15) is 9.59 Å². The molecule has 0 fully saturated rings. The highest BCUT2D eigenvalue weighted by Gasteiger charge is 2.06. The lowest BCUT2D eigenvalue weighted by molar-refractivity contribution is 0.514. The van der Waals surface area contributed by atoms with Crippen LogP contribution >= 0.6 is 48.0 Å². The highest BCUT2D eigenvalue weighted by Crippen LogP contribution is 2.18. The molecule has 4 heterocycles. The van der Waals surface area contributed by atoms with Crippen LogP contribution in [-0.4, -0.2) is 39.0 Å². The van der Waals surface area contributed by atoms with Crippen molar-refractivity contribution in [3.05, 3.63) is 85.4 Å². The third kappa shape index (κ3) is 13.1. The number of hydrogen-bond donors (Lipinski definition) is 3. The third-order valence-electron chi connectivity index (χ3n) is 4.96. The molecule has 0 spiro atoms. The maximum atomic E-state index is 11.4. The summed E-state index contributed by atoms with van der Waals surface area (Å²) in [6.45, 7) is 14.3. The predicted octanol–water partition coefficient (Wildman–Crippen LogP) is 5.66. The van der Waals surface area contributed by atoms with Crippen LogP contribution in [0.4, 0.5) is 0 Å². The molecule has 0 aromatic carbocycles. The zero-order valence-electron chi connectivity index (χ0n) is 23.6. The molecule has 40 heavy (non-hydrogen) atoms. The van der Waals surface area contributed by atoms with Gasteiger partial charge in [-0.15, -0.1) is 24.0 Å². The van der Waals surface area contributed by atoms with E-state index in [1.807, 2.05) is 32.0 Å². The number of H-pyrrole nitrogens is 3. The van der Waals surface area contributed by atoms with E-state index in [4.69, 9.17) is 11.6 Å². The fourth-order valence-corrected chi connectivity index (χ4v) is 4.79. The van der Waals surface area contributed by atoms with E-state index in [0.29, 0.717) is 27.6 Å². The van der Waals surface area contributed by atoms with Crippen LogP contribution in [0.2, 0.25) is 0 Å². The first-order valence-electron chi connectivity index (χ1n) is 12.5. The van der Waals surface area contributed by atoms with Crippen molar-refractivity contribution in [2.75, 3.05) is 0 Å². The van der Waals surface area contributed by atoms with E-state index < -0.39 is 0 Å². The number of halogens is 2. The van der Waals surface area contributed by atoms with E-state index in [2.05, 4.69) is 79.0 Å². The zero-order valence-corrected chi connectivity index (χ0v) is 26.8. The highest BCUT2D eigenvalue weighted by atomic mass is 35.5. The quantitative estimate of drug-likeness (QED) is 0.0992. The Morgan fingerprint density at radius 1 is 0.900 bits per heavy atom. The number of nitrogens with zero attached hydrogens (tertiary/aromatic N) is 5. The number of aromatic amines is 3. The molecule has 220 valence electrons. The Balaban J connectivity index is 0.000000324. The van der Waals surface area contributed by atoms with Gasteiger partial charge in [-0.25, -0.2) is 15.0 Å². The Morgan fingerprint density at radius 2 is 1.45 bits per heavy atom. The standard InChI is InChI=1S/C13H18N4OS.C8H13ClN2.C5H6N2OS.ClH/c1-9(2)6-17-8-14-5-11(17)7-19-13-15-10(3)4-12(18)16-13;1-7(2)5-11-6-10-4-8(11)3-9;1-3-2-4(8)7-5(9)6-3;/h4-5,8-9H,6-7H2,1-3H3,(H,15,16,18);4,6-7H,3,5H2,1-2H3;2H,1H3,(H2,6,7,8,9);1H. The minimum absolute atomic E-state index is 0. The van der Waals surface area contributed by atoms with E-state index in [-0.39, 0.29) is 23.5 Å². The van der Waals surface area contributed by atoms with Crippen LogP contribution < -0.4 is 11.1 Å². The van der Waals surface area contributed by atoms with Crippen molar-refractivity contribution in [3.63, 3.8) is 0 Å². The third-order valence-corrected chi connectivity index (χ3v) is 6.34. The molecule has 0 amide bonds. The van der Waals surface area contributed by atoms with Gasteiger partial charge < -0.3 is 19.1 Å². The minimum Gasteiger partial charge on any atom is -0.336 e. The first-order chi connectivity index (χ1) is 18.5. The second kappa shape index (κ2) is 17.9. The summed E-state index contributed by atoms with van der Waals surface area (Å²) in [6.07, 6.45) is 7.36. The van der Waals surface area contributed by atoms with Crippen molar-refractivity contribution >= 4 is 48.0 Å². The Kier molecular flexibility index (Phi) is 15.8. The summed E-state index contributed by atoms with van der Waals surface area (Å²) < 4.78 is 4.61. The van der Waals surface area contributed by atoms with Gasteiger partial charge in [-0.2, -0.15) is 0 Å². The van der Waals surface area contributed by atoms with Gasteiger partial charge in [0.15, 0.2) is 9.93 Å². The summed E-state index contributed by atoms with van der Waals surface area (Å²) in [6, 6.07) is 2.95. The van der Waals surface area contributed by atoms with E-state index in [1.165, 1.54) is 23.9 Å². The van der Waals surface area contributed by atoms with Crippen molar-refractivity contribution in [2.45, 2.75) is 71.4 Å². The van der Waals surface area contributed by atoms with Crippen molar-refractivity contribution < 1.29 is 0 Å². The second-order valence-corrected chi connectivity index (χ2v) is 11.4. The number of aromatic nitrogens is 8. The van der Waals surface area contributed by atoms with Crippen LogP contribution in [0.15, 0.2) is 51.9 Å². The van der Waals surface area contributed by atoms with Gasteiger partial charge in [-0.1, -0.05) is 39.5 Å². The van der Waals surface area contributed by atoms with Crippen molar-refractivity contribution in [3.8, 4) is 0 Å². The van der Waals surface area contributed by atoms with Crippen LogP contribution in [0.1, 0.15) is 50.5 Å². The molecule has 0 unspecified atom stereocenters. The van der Waals surface area contributed by atoms with Gasteiger partial charge >= 0.3 is 0 Å². The van der Waals surface area contributed by atoms with Crippen LogP contribution in [0.3, 0.4) is 0 Å². The highest BCUT2D eigenvalue weighted by molar-refractivity contribution is 7.98. The molecule has 0 radical (unpaired) electrons. The van der Waals surface area contributed by atoms with Crippen LogP contribution in [0.25, 0.3) is 0 Å². The fraction of sp³-hybridized carbons (Fsp3) is 0.462. The summed E-state index contributed by atoms with van der Waals surface area (Å²) in [5, 5.41) is 0.655. The normalized spacial score (nSPS) is 10.4. The average molecular weight is 630 g/mol. The molecule has 14 heteroatoms. The minimum atomic E-state index is -0.156. The molecule has 0 bridgehead atoms. The monoisotopic (exact) mass is 628 g/mol. The van der Waals surface area contributed by atoms with Crippen molar-refractivity contribution in [1.82, 2.24) is 39.0 Å². The van der Waals surface area contributed by atoms with Crippen molar-refractivity contribution in [1.29, 1.82) is 0 Å². The lowest BCUT2D eigenvalue weighted by Gasteiger charge is -2.10. The molecule has 0 aliphatic heterocycles. The van der Waals surface area contributed by atoms with E-state index >= 15 is 0 Å². The predicted molar refractivity (Wildman–Crippen MR) is 167 cm³/mol. The van der Waals surface area contributed by atoms with Crippen LogP contribution in [-0.2, 0) is 24.7 Å². The Hall–Kier alpha value is -2.67. The largest absolute Gasteiger partial charge is 0.336 e. The number of rotatable bonds is 8. The Labute approximate surface area is 254 Å². The summed E-state index contributed by atoms with van der Waals surface area (Å²) in [5.74, 6) is 2.52. The van der Waals surface area contributed by atoms with E-state index in [0.717, 1.165) is 41.6 Å². The number of aryl methyl sites for hydroxylation is 2. The number of nitrogens with one attached hydrogen (secondary N) is 3. The lowest BCUT2D eigenvalue weighted by Crippen LogP contribution is -2.09. The van der Waals surface area contributed by atoms with Gasteiger partial charge in [0.1, 0.15) is 0 Å². The van der Waals surface area contributed by atoms with Crippen molar-refractivity contribution in [2.24, 2.45) is 11.8 Å². The molecule has 0 saturated carbocycles. The summed E-state index contributed by atoms with van der Waals surface area (Å²) in [7, 11) is 0. The smallest absolute Gasteiger partial charge is 0.251 e. The average Bonchev–Trinajstić information content (AvgIpc) is 3.45. The van der Waals surface area contributed by atoms with Gasteiger partial charge in [0.25, 0.3) is 11.1 Å². The molecule has 4 rings (SSSR count). The van der Waals surface area contributed by atoms with Crippen LogP contribution in [0, 0.1) is 30.5 Å². The molecule has 0 aliphatic carbocycles. The molecule has 3 N–H and O–H groups in total. The maximum Gasteiger partial charge on any atom is 0.251 e. The number of alkyl halides is 1. The molecule has 4 aromatic heterocycles. The van der Waals surface area contributed by atoms with Gasteiger partial charge in [0.05, 0.1) is 24.2 Å². The number of imidazole rings is 2. The number of thioether (sulfide) groups is 1. The maximum absolute atomic E-state index is 11.4. The number of hydrogen-bond acceptors (Lipinski definition) is 7. The topological polar surface area (TPSA) is 130 Å².